The van der Waals surface area contributed by atoms with Crippen molar-refractivity contribution in [1.82, 2.24) is 10.6 Å². The molecule has 3 unspecified atom stereocenters. The van der Waals surface area contributed by atoms with Gasteiger partial charge in [-0.3, -0.25) is 4.79 Å². The fourth-order valence-electron chi connectivity index (χ4n) is 3.76. The van der Waals surface area contributed by atoms with Crippen LogP contribution in [0.4, 0.5) is 0 Å². The summed E-state index contributed by atoms with van der Waals surface area (Å²) in [5.74, 6) is 2.03. The molecule has 0 aromatic carbocycles. The van der Waals surface area contributed by atoms with E-state index in [2.05, 4.69) is 10.6 Å². The minimum absolute atomic E-state index is 0.123. The molecule has 0 aromatic rings. The van der Waals surface area contributed by atoms with Crippen molar-refractivity contribution in [3.8, 4) is 0 Å². The molecular weight excluding hydrogens is 236 g/mol. The van der Waals surface area contributed by atoms with E-state index >= 15 is 0 Å². The average Bonchev–Trinajstić information content (AvgIpc) is 2.34. The zero-order valence-electron chi connectivity index (χ0n) is 12.8. The van der Waals surface area contributed by atoms with Crippen molar-refractivity contribution in [2.45, 2.75) is 77.3 Å². The average molecular weight is 266 g/mol. The zero-order valence-corrected chi connectivity index (χ0v) is 12.8. The molecule has 2 aliphatic rings. The van der Waals surface area contributed by atoms with E-state index in [1.54, 1.807) is 0 Å². The third kappa shape index (κ3) is 4.79. The summed E-state index contributed by atoms with van der Waals surface area (Å²) in [7, 11) is 0. The van der Waals surface area contributed by atoms with Crippen LogP contribution in [0.3, 0.4) is 0 Å². The first kappa shape index (κ1) is 14.8. The fraction of sp³-hybridized carbons (Fsp3) is 0.938. The normalized spacial score (nSPS) is 31.6. The topological polar surface area (TPSA) is 41.1 Å². The first-order valence-corrected chi connectivity index (χ1v) is 7.98. The minimum Gasteiger partial charge on any atom is -0.350 e. The molecule has 0 heterocycles. The van der Waals surface area contributed by atoms with Gasteiger partial charge < -0.3 is 10.6 Å². The maximum Gasteiger partial charge on any atom is 0.234 e. The van der Waals surface area contributed by atoms with Gasteiger partial charge in [0.15, 0.2) is 0 Å². The van der Waals surface area contributed by atoms with E-state index in [1.807, 2.05) is 20.8 Å². The van der Waals surface area contributed by atoms with Gasteiger partial charge in [-0.1, -0.05) is 25.7 Å². The first-order chi connectivity index (χ1) is 8.94. The molecule has 3 atom stereocenters. The van der Waals surface area contributed by atoms with Crippen LogP contribution in [0.25, 0.3) is 0 Å². The lowest BCUT2D eigenvalue weighted by Gasteiger charge is -2.39. The van der Waals surface area contributed by atoms with Gasteiger partial charge in [-0.2, -0.15) is 0 Å². The number of amides is 1. The Hall–Kier alpha value is -0.570. The second-order valence-corrected chi connectivity index (χ2v) is 7.49. The van der Waals surface area contributed by atoms with E-state index in [0.29, 0.717) is 12.6 Å². The van der Waals surface area contributed by atoms with Crippen molar-refractivity contribution >= 4 is 5.91 Å². The van der Waals surface area contributed by atoms with Gasteiger partial charge in [0, 0.05) is 11.6 Å². The van der Waals surface area contributed by atoms with Gasteiger partial charge in [0.1, 0.15) is 0 Å². The van der Waals surface area contributed by atoms with Crippen LogP contribution in [-0.2, 0) is 4.79 Å². The Balaban J connectivity index is 1.70. The fourth-order valence-corrected chi connectivity index (χ4v) is 3.76. The predicted octanol–water partition coefficient (Wildman–Crippen LogP) is 2.85. The van der Waals surface area contributed by atoms with Gasteiger partial charge in [0.25, 0.3) is 0 Å². The van der Waals surface area contributed by atoms with Crippen molar-refractivity contribution in [2.24, 2.45) is 11.8 Å². The highest BCUT2D eigenvalue weighted by Crippen LogP contribution is 2.40. The number of hydrogen-bond donors (Lipinski definition) is 2. The zero-order chi connectivity index (χ0) is 13.9. The number of rotatable bonds is 3. The SMILES string of the molecule is CC(C)(C)NC(=O)CNC1CCC2CCCCC2C1. The highest BCUT2D eigenvalue weighted by atomic mass is 16.2. The Kier molecular flexibility index (Phi) is 4.88. The van der Waals surface area contributed by atoms with Crippen LogP contribution in [0.1, 0.15) is 65.7 Å². The molecule has 0 spiro atoms. The van der Waals surface area contributed by atoms with Crippen molar-refractivity contribution in [3.63, 3.8) is 0 Å². The summed E-state index contributed by atoms with van der Waals surface area (Å²) in [5, 5.41) is 6.48. The largest absolute Gasteiger partial charge is 0.350 e. The van der Waals surface area contributed by atoms with Crippen LogP contribution in [0, 0.1) is 11.8 Å². The molecule has 2 saturated carbocycles. The van der Waals surface area contributed by atoms with Crippen molar-refractivity contribution in [3.05, 3.63) is 0 Å². The first-order valence-electron chi connectivity index (χ1n) is 7.98. The lowest BCUT2D eigenvalue weighted by atomic mass is 9.69. The molecule has 2 aliphatic carbocycles. The highest BCUT2D eigenvalue weighted by Gasteiger charge is 2.32. The molecule has 0 radical (unpaired) electrons. The standard InChI is InChI=1S/C16H30N2O/c1-16(2,3)18-15(19)11-17-14-9-8-12-6-4-5-7-13(12)10-14/h12-14,17H,4-11H2,1-3H3,(H,18,19). The van der Waals surface area contributed by atoms with E-state index < -0.39 is 0 Å². The summed E-state index contributed by atoms with van der Waals surface area (Å²) < 4.78 is 0. The van der Waals surface area contributed by atoms with Crippen LogP contribution in [0.15, 0.2) is 0 Å². The molecule has 3 nitrogen and oxygen atoms in total. The van der Waals surface area contributed by atoms with Gasteiger partial charge in [-0.25, -0.2) is 0 Å². The second-order valence-electron chi connectivity index (χ2n) is 7.49. The Labute approximate surface area is 117 Å². The van der Waals surface area contributed by atoms with Gasteiger partial charge in [0.05, 0.1) is 6.54 Å². The maximum absolute atomic E-state index is 11.8. The Morgan fingerprint density at radius 2 is 1.74 bits per heavy atom. The highest BCUT2D eigenvalue weighted by molar-refractivity contribution is 5.78. The van der Waals surface area contributed by atoms with E-state index in [0.717, 1.165) is 11.8 Å². The molecule has 2 rings (SSSR count). The second kappa shape index (κ2) is 6.25. The molecule has 0 saturated heterocycles. The van der Waals surface area contributed by atoms with E-state index in [-0.39, 0.29) is 11.4 Å². The Morgan fingerprint density at radius 1 is 1.05 bits per heavy atom. The number of hydrogen-bond acceptors (Lipinski definition) is 2. The molecule has 19 heavy (non-hydrogen) atoms. The van der Waals surface area contributed by atoms with Crippen LogP contribution in [0.5, 0.6) is 0 Å². The van der Waals surface area contributed by atoms with Crippen LogP contribution >= 0.6 is 0 Å². The molecule has 2 fully saturated rings. The molecule has 110 valence electrons. The van der Waals surface area contributed by atoms with Crippen molar-refractivity contribution < 1.29 is 4.79 Å². The monoisotopic (exact) mass is 266 g/mol. The summed E-state index contributed by atoms with van der Waals surface area (Å²) in [4.78, 5) is 11.8. The summed E-state index contributed by atoms with van der Waals surface area (Å²) >= 11 is 0. The van der Waals surface area contributed by atoms with E-state index in [1.165, 1.54) is 44.9 Å². The summed E-state index contributed by atoms with van der Waals surface area (Å²) in [6, 6.07) is 0.560. The smallest absolute Gasteiger partial charge is 0.234 e. The Bertz CT molecular complexity index is 308. The van der Waals surface area contributed by atoms with Crippen molar-refractivity contribution in [2.75, 3.05) is 6.54 Å². The molecule has 1 amide bonds. The number of fused-ring (bicyclic) bond motifs is 1. The molecule has 0 aliphatic heterocycles. The van der Waals surface area contributed by atoms with E-state index in [4.69, 9.17) is 0 Å². The van der Waals surface area contributed by atoms with Crippen molar-refractivity contribution in [1.29, 1.82) is 0 Å². The van der Waals surface area contributed by atoms with Crippen LogP contribution in [-0.4, -0.2) is 24.0 Å². The quantitative estimate of drug-likeness (QED) is 0.824. The summed E-state index contributed by atoms with van der Waals surface area (Å²) in [6.07, 6.45) is 9.62. The minimum atomic E-state index is -0.125. The Morgan fingerprint density at radius 3 is 2.42 bits per heavy atom. The third-order valence-electron chi connectivity index (χ3n) is 4.61. The molecular formula is C16H30N2O. The van der Waals surface area contributed by atoms with Crippen LogP contribution < -0.4 is 10.6 Å². The lowest BCUT2D eigenvalue weighted by molar-refractivity contribution is -0.121. The van der Waals surface area contributed by atoms with Gasteiger partial charge in [-0.05, 0) is 51.9 Å². The maximum atomic E-state index is 11.8. The number of carbonyl (C=O) groups excluding carboxylic acids is 1. The van der Waals surface area contributed by atoms with E-state index in [9.17, 15) is 4.79 Å². The van der Waals surface area contributed by atoms with Gasteiger partial charge in [-0.15, -0.1) is 0 Å². The van der Waals surface area contributed by atoms with Gasteiger partial charge in [0.2, 0.25) is 5.91 Å². The number of nitrogens with one attached hydrogen (secondary N) is 2. The lowest BCUT2D eigenvalue weighted by Crippen LogP contribution is -2.48. The summed E-state index contributed by atoms with van der Waals surface area (Å²) in [6.45, 7) is 6.55. The molecule has 0 aromatic heterocycles. The third-order valence-corrected chi connectivity index (χ3v) is 4.61. The van der Waals surface area contributed by atoms with Crippen LogP contribution in [0.2, 0.25) is 0 Å². The summed E-state index contributed by atoms with van der Waals surface area (Å²) in [5.41, 5.74) is -0.125. The number of carbonyl (C=O) groups is 1. The molecule has 2 N–H and O–H groups in total. The molecule has 3 heteroatoms. The molecule has 0 bridgehead atoms. The van der Waals surface area contributed by atoms with Gasteiger partial charge >= 0.3 is 0 Å². The predicted molar refractivity (Wildman–Crippen MR) is 79.0 cm³/mol.